The molecule has 0 bridgehead atoms. The number of nitrogens with two attached hydrogens (primary N) is 1. The van der Waals surface area contributed by atoms with Crippen LogP contribution in [0.3, 0.4) is 0 Å². The van der Waals surface area contributed by atoms with E-state index in [0.29, 0.717) is 6.73 Å². The van der Waals surface area contributed by atoms with Crippen LogP contribution in [0.1, 0.15) is 0 Å². The molecule has 3 heteroatoms. The fraction of sp³-hybridized carbons (Fsp3) is 1.00. The summed E-state index contributed by atoms with van der Waals surface area (Å²) in [4.78, 5) is 0. The van der Waals surface area contributed by atoms with Gasteiger partial charge in [0.05, 0.1) is 6.73 Å². The molecule has 0 aromatic heterocycles. The number of hydrogen-bond donors (Lipinski definition) is 1. The summed E-state index contributed by atoms with van der Waals surface area (Å²) in [6.45, 7) is 0.319. The number of rotatable bonds is 1. The first-order valence-corrected chi connectivity index (χ1v) is 1.11. The van der Waals surface area contributed by atoms with E-state index < -0.39 is 0 Å². The van der Waals surface area contributed by atoms with E-state index in [0.717, 1.165) is 0 Å². The van der Waals surface area contributed by atoms with Gasteiger partial charge in [-0.05, 0) is 0 Å². The van der Waals surface area contributed by atoms with Crippen LogP contribution in [0.4, 0.5) is 0 Å². The summed E-state index contributed by atoms with van der Waals surface area (Å²) in [7, 11) is 1.56. The topological polar surface area (TPSA) is 35.2 Å². The van der Waals surface area contributed by atoms with Crippen LogP contribution < -0.4 is 5.73 Å². The van der Waals surface area contributed by atoms with Crippen molar-refractivity contribution in [1.29, 1.82) is 0 Å². The van der Waals surface area contributed by atoms with E-state index in [2.05, 4.69) is 4.74 Å². The average molecular weight is 69.0 g/mol. The molecule has 0 aliphatic carbocycles. The molecule has 0 spiro atoms. The fourth-order valence-electron chi connectivity index (χ4n) is 0. The predicted octanol–water partition coefficient (Wildman–Crippen LogP) is -1.10. The zero-order valence-electron chi connectivity index (χ0n) is 2.69. The Morgan fingerprint density at radius 3 is 2.00 bits per heavy atom. The first-order chi connectivity index (χ1) is 1.91. The molecule has 0 radical (unpaired) electrons. The van der Waals surface area contributed by atoms with E-state index in [1.807, 2.05) is 0 Å². The van der Waals surface area contributed by atoms with Gasteiger partial charge in [-0.15, -0.1) is 0 Å². The Hall–Kier alpha value is 0.517. The molecule has 2 N–H and O–H groups in total. The van der Waals surface area contributed by atoms with Crippen LogP contribution in [-0.4, -0.2) is 32.7 Å². The van der Waals surface area contributed by atoms with Gasteiger partial charge in [-0.1, -0.05) is 0 Å². The molecule has 0 aliphatic heterocycles. The SMILES string of the molecule is COCN.[LiH]. The van der Waals surface area contributed by atoms with Gasteiger partial charge in [-0.2, -0.15) is 0 Å². The van der Waals surface area contributed by atoms with Crippen LogP contribution in [-0.2, 0) is 4.74 Å². The number of hydrogen-bond acceptors (Lipinski definition) is 2. The van der Waals surface area contributed by atoms with Gasteiger partial charge in [0.15, 0.2) is 0 Å². The van der Waals surface area contributed by atoms with E-state index >= 15 is 0 Å². The fourth-order valence-corrected chi connectivity index (χ4v) is 0. The van der Waals surface area contributed by atoms with Gasteiger partial charge >= 0.3 is 18.9 Å². The molecule has 28 valence electrons. The second-order valence-corrected chi connectivity index (χ2v) is 0.455. The summed E-state index contributed by atoms with van der Waals surface area (Å²) >= 11 is 0. The molecule has 0 atom stereocenters. The quantitative estimate of drug-likeness (QED) is 0.313. The van der Waals surface area contributed by atoms with Gasteiger partial charge in [-0.25, -0.2) is 0 Å². The summed E-state index contributed by atoms with van der Waals surface area (Å²) in [6, 6.07) is 0. The van der Waals surface area contributed by atoms with Crippen molar-refractivity contribution in [2.45, 2.75) is 0 Å². The summed E-state index contributed by atoms with van der Waals surface area (Å²) in [5.41, 5.74) is 4.81. The predicted molar refractivity (Wildman–Crippen MR) is 23.2 cm³/mol. The van der Waals surface area contributed by atoms with E-state index in [9.17, 15) is 0 Å². The maximum atomic E-state index is 4.81. The number of ether oxygens (including phenoxy) is 1. The van der Waals surface area contributed by atoms with E-state index in [-0.39, 0.29) is 18.9 Å². The van der Waals surface area contributed by atoms with Crippen LogP contribution in [0.2, 0.25) is 0 Å². The Morgan fingerprint density at radius 2 is 2.00 bits per heavy atom. The Labute approximate surface area is 43.9 Å². The molecule has 0 rings (SSSR count). The third kappa shape index (κ3) is 12.4. The molecular weight excluding hydrogens is 61.0 g/mol. The van der Waals surface area contributed by atoms with Crippen molar-refractivity contribution in [3.63, 3.8) is 0 Å². The molecule has 0 saturated heterocycles. The maximum absolute atomic E-state index is 4.81. The molecule has 5 heavy (non-hydrogen) atoms. The Kier molecular flexibility index (Phi) is 16.1. The third-order valence-corrected chi connectivity index (χ3v) is 0.167. The zero-order chi connectivity index (χ0) is 3.41. The average Bonchev–Trinajstić information content (AvgIpc) is 1.37. The van der Waals surface area contributed by atoms with Gasteiger partial charge in [0.1, 0.15) is 0 Å². The molecule has 0 amide bonds. The van der Waals surface area contributed by atoms with E-state index in [4.69, 9.17) is 5.73 Å². The van der Waals surface area contributed by atoms with Gasteiger partial charge < -0.3 is 10.5 Å². The first kappa shape index (κ1) is 9.10. The van der Waals surface area contributed by atoms with Gasteiger partial charge in [-0.3, -0.25) is 0 Å². The molecule has 0 aliphatic rings. The zero-order valence-corrected chi connectivity index (χ0v) is 2.69. The van der Waals surface area contributed by atoms with E-state index in [1.54, 1.807) is 7.11 Å². The monoisotopic (exact) mass is 69.1 g/mol. The normalized spacial score (nSPS) is 6.00. The summed E-state index contributed by atoms with van der Waals surface area (Å²) < 4.78 is 4.32. The third-order valence-electron chi connectivity index (χ3n) is 0.167. The number of methoxy groups -OCH3 is 1. The molecule has 0 aromatic carbocycles. The minimum atomic E-state index is 0. The molecule has 0 saturated carbocycles. The first-order valence-electron chi connectivity index (χ1n) is 1.11. The summed E-state index contributed by atoms with van der Waals surface area (Å²) in [6.07, 6.45) is 0. The van der Waals surface area contributed by atoms with Crippen molar-refractivity contribution in [1.82, 2.24) is 0 Å². The molecule has 0 unspecified atom stereocenters. The molecule has 0 heterocycles. The van der Waals surface area contributed by atoms with Crippen molar-refractivity contribution in [3.05, 3.63) is 0 Å². The molecular formula is C2H8LiNO. The Bertz CT molecular complexity index is 11.6. The van der Waals surface area contributed by atoms with Gasteiger partial charge in [0.25, 0.3) is 0 Å². The van der Waals surface area contributed by atoms with Crippen molar-refractivity contribution in [2.24, 2.45) is 5.73 Å². The molecule has 2 nitrogen and oxygen atoms in total. The molecule has 0 aromatic rings. The van der Waals surface area contributed by atoms with E-state index in [1.165, 1.54) is 0 Å². The van der Waals surface area contributed by atoms with Crippen LogP contribution in [0.25, 0.3) is 0 Å². The van der Waals surface area contributed by atoms with Gasteiger partial charge in [0.2, 0.25) is 0 Å². The van der Waals surface area contributed by atoms with Crippen molar-refractivity contribution in [2.75, 3.05) is 13.8 Å². The van der Waals surface area contributed by atoms with Crippen LogP contribution in [0.15, 0.2) is 0 Å². The van der Waals surface area contributed by atoms with Gasteiger partial charge in [0, 0.05) is 7.11 Å². The summed E-state index contributed by atoms with van der Waals surface area (Å²) in [5.74, 6) is 0. The second kappa shape index (κ2) is 8.82. The summed E-state index contributed by atoms with van der Waals surface area (Å²) in [5, 5.41) is 0. The Morgan fingerprint density at radius 1 is 1.80 bits per heavy atom. The van der Waals surface area contributed by atoms with Crippen molar-refractivity contribution >= 4 is 18.9 Å². The Balaban J connectivity index is 0. The van der Waals surface area contributed by atoms with Crippen LogP contribution in [0, 0.1) is 0 Å². The minimum absolute atomic E-state index is 0. The molecule has 0 fully saturated rings. The standard InChI is InChI=1S/C2H7NO.Li.H/c1-4-2-3;;/h2-3H2,1H3;;. The van der Waals surface area contributed by atoms with Crippen LogP contribution in [0.5, 0.6) is 0 Å². The van der Waals surface area contributed by atoms with Crippen molar-refractivity contribution < 1.29 is 4.74 Å². The second-order valence-electron chi connectivity index (χ2n) is 0.455. The van der Waals surface area contributed by atoms with Crippen molar-refractivity contribution in [3.8, 4) is 0 Å². The van der Waals surface area contributed by atoms with Crippen LogP contribution >= 0.6 is 0 Å².